The highest BCUT2D eigenvalue weighted by Crippen LogP contribution is 2.43. The molecule has 3 rings (SSSR count). The minimum Gasteiger partial charge on any atom is -0.448 e. The van der Waals surface area contributed by atoms with Crippen molar-refractivity contribution in [2.45, 2.75) is 45.1 Å². The minimum absolute atomic E-state index is 0.316. The molecule has 0 bridgehead atoms. The summed E-state index contributed by atoms with van der Waals surface area (Å²) in [6.07, 6.45) is 1.76. The number of ether oxygens (including phenoxy) is 1. The molecule has 0 saturated heterocycles. The summed E-state index contributed by atoms with van der Waals surface area (Å²) in [6.45, 7) is 3.53. The number of thiophene rings is 1. The van der Waals surface area contributed by atoms with Crippen LogP contribution >= 0.6 is 11.3 Å². The number of rotatable bonds is 6. The molecule has 122 valence electrons. The quantitative estimate of drug-likeness (QED) is 0.818. The molecular weight excluding hydrogens is 316 g/mol. The monoisotopic (exact) mass is 334 g/mol. The maximum Gasteiger partial charge on any atom is 0.349 e. The van der Waals surface area contributed by atoms with Crippen LogP contribution in [0, 0.1) is 6.92 Å². The fraction of sp³-hybridized carbons (Fsp3) is 0.438. The van der Waals surface area contributed by atoms with E-state index in [0.717, 1.165) is 18.4 Å². The van der Waals surface area contributed by atoms with Gasteiger partial charge in [-0.2, -0.15) is 0 Å². The summed E-state index contributed by atoms with van der Waals surface area (Å²) in [5.41, 5.74) is 1.04. The summed E-state index contributed by atoms with van der Waals surface area (Å²) in [5, 5.41) is 8.19. The number of nitrogens with zero attached hydrogens (tertiary/aromatic N) is 1. The highest BCUT2D eigenvalue weighted by molar-refractivity contribution is 7.12. The van der Waals surface area contributed by atoms with E-state index >= 15 is 0 Å². The van der Waals surface area contributed by atoms with Gasteiger partial charge in [0.25, 0.3) is 5.91 Å². The van der Waals surface area contributed by atoms with E-state index in [-0.39, 0.29) is 0 Å². The molecule has 0 aromatic carbocycles. The number of carbonyl (C=O) groups is 2. The Hall–Kier alpha value is -2.15. The van der Waals surface area contributed by atoms with Gasteiger partial charge in [0.05, 0.1) is 0 Å². The molecule has 1 N–H and O–H groups in total. The summed E-state index contributed by atoms with van der Waals surface area (Å²) >= 11 is 1.36. The van der Waals surface area contributed by atoms with Crippen LogP contribution < -0.4 is 5.32 Å². The number of hydrogen-bond donors (Lipinski definition) is 1. The summed E-state index contributed by atoms with van der Waals surface area (Å²) in [4.78, 5) is 25.2. The number of hydrogen-bond acceptors (Lipinski definition) is 6. The Kier molecular flexibility index (Phi) is 4.47. The van der Waals surface area contributed by atoms with Gasteiger partial charge in [-0.25, -0.2) is 4.79 Å². The first kappa shape index (κ1) is 15.7. The van der Waals surface area contributed by atoms with Crippen molar-refractivity contribution in [2.24, 2.45) is 0 Å². The van der Waals surface area contributed by atoms with Crippen LogP contribution in [0.1, 0.15) is 53.1 Å². The molecule has 1 aliphatic rings. The zero-order valence-corrected chi connectivity index (χ0v) is 13.8. The van der Waals surface area contributed by atoms with Gasteiger partial charge in [0.1, 0.15) is 10.6 Å². The Bertz CT molecular complexity index is 717. The molecule has 1 saturated carbocycles. The molecule has 0 unspecified atom stereocenters. The van der Waals surface area contributed by atoms with E-state index in [1.165, 1.54) is 11.3 Å². The normalized spacial score (nSPS) is 15.2. The average Bonchev–Trinajstić information content (AvgIpc) is 3.11. The van der Waals surface area contributed by atoms with Crippen molar-refractivity contribution in [3.05, 3.63) is 33.7 Å². The number of nitrogens with one attached hydrogen (secondary N) is 1. The van der Waals surface area contributed by atoms with Crippen LogP contribution in [0.3, 0.4) is 0 Å². The van der Waals surface area contributed by atoms with E-state index in [0.29, 0.717) is 28.8 Å². The van der Waals surface area contributed by atoms with Crippen molar-refractivity contribution < 1.29 is 18.8 Å². The zero-order chi connectivity index (χ0) is 16.4. The molecule has 1 amide bonds. The maximum atomic E-state index is 12.4. The first-order valence-corrected chi connectivity index (χ1v) is 8.49. The number of aromatic nitrogens is 1. The fourth-order valence-electron chi connectivity index (χ4n) is 2.34. The van der Waals surface area contributed by atoms with Crippen molar-refractivity contribution in [3.8, 4) is 0 Å². The molecule has 2 aromatic heterocycles. The van der Waals surface area contributed by atoms with E-state index in [1.807, 2.05) is 11.4 Å². The number of aryl methyl sites for hydroxylation is 1. The molecule has 1 atom stereocenters. The molecule has 1 aliphatic carbocycles. The van der Waals surface area contributed by atoms with Crippen LogP contribution in [0.2, 0.25) is 0 Å². The minimum atomic E-state index is -0.853. The SMILES string of the molecule is CC[C@H](OC(=O)c1sccc1C1CC1)C(=O)Nc1cc(C)on1. The predicted octanol–water partition coefficient (Wildman–Crippen LogP) is 3.50. The second kappa shape index (κ2) is 6.54. The Balaban J connectivity index is 1.65. The molecule has 7 heteroatoms. The van der Waals surface area contributed by atoms with E-state index < -0.39 is 18.0 Å². The summed E-state index contributed by atoms with van der Waals surface area (Å²) in [6, 6.07) is 3.58. The van der Waals surface area contributed by atoms with Gasteiger partial charge >= 0.3 is 5.97 Å². The Morgan fingerprint density at radius 2 is 2.30 bits per heavy atom. The lowest BCUT2D eigenvalue weighted by Gasteiger charge is -2.15. The van der Waals surface area contributed by atoms with Gasteiger partial charge < -0.3 is 14.6 Å². The molecule has 23 heavy (non-hydrogen) atoms. The molecule has 0 radical (unpaired) electrons. The zero-order valence-electron chi connectivity index (χ0n) is 13.0. The molecular formula is C16H18N2O4S. The molecule has 6 nitrogen and oxygen atoms in total. The van der Waals surface area contributed by atoms with Crippen molar-refractivity contribution in [1.29, 1.82) is 0 Å². The lowest BCUT2D eigenvalue weighted by atomic mass is 10.1. The summed E-state index contributed by atoms with van der Waals surface area (Å²) in [7, 11) is 0. The molecule has 2 aromatic rings. The van der Waals surface area contributed by atoms with Gasteiger partial charge in [0, 0.05) is 6.07 Å². The van der Waals surface area contributed by atoms with Crippen molar-refractivity contribution in [3.63, 3.8) is 0 Å². The van der Waals surface area contributed by atoms with Crippen LogP contribution in [-0.2, 0) is 9.53 Å². The summed E-state index contributed by atoms with van der Waals surface area (Å²) in [5.74, 6) is 0.546. The van der Waals surface area contributed by atoms with Crippen molar-refractivity contribution in [1.82, 2.24) is 5.16 Å². The third-order valence-electron chi connectivity index (χ3n) is 3.69. The first-order chi connectivity index (χ1) is 11.1. The van der Waals surface area contributed by atoms with Crippen LogP contribution in [-0.4, -0.2) is 23.1 Å². The third kappa shape index (κ3) is 3.61. The van der Waals surface area contributed by atoms with Crippen LogP contribution in [0.5, 0.6) is 0 Å². The molecule has 2 heterocycles. The number of amides is 1. The van der Waals surface area contributed by atoms with Gasteiger partial charge in [-0.15, -0.1) is 11.3 Å². The number of esters is 1. The maximum absolute atomic E-state index is 12.4. The lowest BCUT2D eigenvalue weighted by Crippen LogP contribution is -2.32. The van der Waals surface area contributed by atoms with E-state index in [2.05, 4.69) is 10.5 Å². The van der Waals surface area contributed by atoms with Crippen molar-refractivity contribution in [2.75, 3.05) is 5.32 Å². The molecule has 1 fully saturated rings. The Morgan fingerprint density at radius 3 is 2.91 bits per heavy atom. The smallest absolute Gasteiger partial charge is 0.349 e. The van der Waals surface area contributed by atoms with Gasteiger partial charge in [-0.05, 0) is 49.1 Å². The van der Waals surface area contributed by atoms with Crippen LogP contribution in [0.4, 0.5) is 5.82 Å². The van der Waals surface area contributed by atoms with E-state index in [4.69, 9.17) is 9.26 Å². The van der Waals surface area contributed by atoms with Crippen LogP contribution in [0.25, 0.3) is 0 Å². The van der Waals surface area contributed by atoms with Gasteiger partial charge in [-0.1, -0.05) is 12.1 Å². The van der Waals surface area contributed by atoms with Gasteiger partial charge in [0.15, 0.2) is 11.9 Å². The van der Waals surface area contributed by atoms with Gasteiger partial charge in [-0.3, -0.25) is 4.79 Å². The standard InChI is InChI=1S/C16H18N2O4S/c1-3-12(15(19)17-13-8-9(2)22-18-13)21-16(20)14-11(6-7-23-14)10-4-5-10/h6-8,10,12H,3-5H2,1-2H3,(H,17,18,19)/t12-/m0/s1. The summed E-state index contributed by atoms with van der Waals surface area (Å²) < 4.78 is 10.3. The van der Waals surface area contributed by atoms with Crippen molar-refractivity contribution >= 4 is 29.0 Å². The number of carbonyl (C=O) groups excluding carboxylic acids is 2. The largest absolute Gasteiger partial charge is 0.448 e. The lowest BCUT2D eigenvalue weighted by molar-refractivity contribution is -0.124. The Morgan fingerprint density at radius 1 is 1.52 bits per heavy atom. The second-order valence-electron chi connectivity index (χ2n) is 5.59. The molecule has 0 spiro atoms. The van der Waals surface area contributed by atoms with Gasteiger partial charge in [0.2, 0.25) is 0 Å². The van der Waals surface area contributed by atoms with E-state index in [1.54, 1.807) is 19.9 Å². The Labute approximate surface area is 137 Å². The topological polar surface area (TPSA) is 81.4 Å². The first-order valence-electron chi connectivity index (χ1n) is 7.61. The highest BCUT2D eigenvalue weighted by atomic mass is 32.1. The highest BCUT2D eigenvalue weighted by Gasteiger charge is 2.31. The molecule has 0 aliphatic heterocycles. The fourth-order valence-corrected chi connectivity index (χ4v) is 3.20. The third-order valence-corrected chi connectivity index (χ3v) is 4.60. The van der Waals surface area contributed by atoms with E-state index in [9.17, 15) is 9.59 Å². The van der Waals surface area contributed by atoms with Crippen LogP contribution in [0.15, 0.2) is 22.0 Å². The second-order valence-corrected chi connectivity index (χ2v) is 6.51. The average molecular weight is 334 g/mol. The number of anilines is 1. The predicted molar refractivity (Wildman–Crippen MR) is 85.7 cm³/mol.